The van der Waals surface area contributed by atoms with Gasteiger partial charge >= 0.3 is 0 Å². The molecule has 1 saturated carbocycles. The van der Waals surface area contributed by atoms with Crippen LogP contribution in [-0.2, 0) is 16.1 Å². The van der Waals surface area contributed by atoms with E-state index >= 15 is 0 Å². The standard InChI is InChI=1S/C19H24N4O2/c24-19(21-16-7-8-16)18(15-5-2-1-3-6-15)22-11-12-25-17(13-22)14-23-10-4-9-20-23/h1-6,9-10,16-18H,7-8,11-14H2,(H,21,24). The highest BCUT2D eigenvalue weighted by Crippen LogP contribution is 2.26. The molecular weight excluding hydrogens is 316 g/mol. The first-order valence-electron chi connectivity index (χ1n) is 8.98. The largest absolute Gasteiger partial charge is 0.374 e. The molecule has 0 spiro atoms. The first-order valence-corrected chi connectivity index (χ1v) is 8.98. The second-order valence-corrected chi connectivity index (χ2v) is 6.81. The molecule has 2 unspecified atom stereocenters. The monoisotopic (exact) mass is 340 g/mol. The second kappa shape index (κ2) is 7.37. The van der Waals surface area contributed by atoms with Crippen molar-refractivity contribution in [2.45, 2.75) is 37.6 Å². The zero-order chi connectivity index (χ0) is 17.1. The van der Waals surface area contributed by atoms with Crippen LogP contribution in [0.5, 0.6) is 0 Å². The summed E-state index contributed by atoms with van der Waals surface area (Å²) in [5, 5.41) is 7.43. The third kappa shape index (κ3) is 4.08. The molecule has 2 fully saturated rings. The van der Waals surface area contributed by atoms with E-state index in [4.69, 9.17) is 4.74 Å². The highest BCUT2D eigenvalue weighted by molar-refractivity contribution is 5.83. The maximum atomic E-state index is 12.9. The molecule has 1 saturated heterocycles. The smallest absolute Gasteiger partial charge is 0.242 e. The van der Waals surface area contributed by atoms with Crippen molar-refractivity contribution in [2.24, 2.45) is 0 Å². The van der Waals surface area contributed by atoms with Gasteiger partial charge in [0.2, 0.25) is 5.91 Å². The van der Waals surface area contributed by atoms with Gasteiger partial charge in [-0.3, -0.25) is 14.4 Å². The topological polar surface area (TPSA) is 59.4 Å². The summed E-state index contributed by atoms with van der Waals surface area (Å²) in [5.41, 5.74) is 1.04. The van der Waals surface area contributed by atoms with Crippen molar-refractivity contribution in [2.75, 3.05) is 19.7 Å². The Morgan fingerprint density at radius 1 is 1.28 bits per heavy atom. The van der Waals surface area contributed by atoms with Crippen molar-refractivity contribution in [3.8, 4) is 0 Å². The molecule has 1 amide bonds. The van der Waals surface area contributed by atoms with Crippen LogP contribution in [0.4, 0.5) is 0 Å². The van der Waals surface area contributed by atoms with Crippen LogP contribution in [0.25, 0.3) is 0 Å². The Labute approximate surface area is 147 Å². The van der Waals surface area contributed by atoms with Crippen LogP contribution in [0.1, 0.15) is 24.4 Å². The average Bonchev–Trinajstić information content (AvgIpc) is 3.29. The highest BCUT2D eigenvalue weighted by Gasteiger charge is 2.34. The van der Waals surface area contributed by atoms with E-state index in [1.54, 1.807) is 6.20 Å². The predicted molar refractivity (Wildman–Crippen MR) is 93.9 cm³/mol. The zero-order valence-corrected chi connectivity index (χ0v) is 14.3. The maximum Gasteiger partial charge on any atom is 0.242 e. The molecule has 1 aliphatic carbocycles. The number of hydrogen-bond donors (Lipinski definition) is 1. The quantitative estimate of drug-likeness (QED) is 0.868. The number of hydrogen-bond acceptors (Lipinski definition) is 4. The van der Waals surface area contributed by atoms with Gasteiger partial charge in [-0.25, -0.2) is 0 Å². The SMILES string of the molecule is O=C(NC1CC1)C(c1ccccc1)N1CCOC(Cn2cccn2)C1. The Morgan fingerprint density at radius 3 is 2.84 bits per heavy atom. The average molecular weight is 340 g/mol. The fourth-order valence-electron chi connectivity index (χ4n) is 3.38. The van der Waals surface area contributed by atoms with Gasteiger partial charge < -0.3 is 10.1 Å². The van der Waals surface area contributed by atoms with Gasteiger partial charge in [-0.2, -0.15) is 5.10 Å². The van der Waals surface area contributed by atoms with E-state index in [1.807, 2.05) is 47.3 Å². The van der Waals surface area contributed by atoms with Crippen LogP contribution >= 0.6 is 0 Å². The van der Waals surface area contributed by atoms with Crippen molar-refractivity contribution >= 4 is 5.91 Å². The lowest BCUT2D eigenvalue weighted by molar-refractivity contribution is -0.130. The normalized spacial score (nSPS) is 22.5. The molecule has 1 aromatic carbocycles. The fraction of sp³-hybridized carbons (Fsp3) is 0.474. The molecule has 1 N–H and O–H groups in total. The number of aromatic nitrogens is 2. The Balaban J connectivity index is 1.50. The van der Waals surface area contributed by atoms with Crippen LogP contribution in [0.3, 0.4) is 0 Å². The van der Waals surface area contributed by atoms with Crippen molar-refractivity contribution in [3.05, 3.63) is 54.4 Å². The van der Waals surface area contributed by atoms with Crippen molar-refractivity contribution in [1.29, 1.82) is 0 Å². The van der Waals surface area contributed by atoms with E-state index in [0.717, 1.165) is 31.5 Å². The number of benzene rings is 1. The number of rotatable bonds is 6. The van der Waals surface area contributed by atoms with Gasteiger partial charge in [0, 0.05) is 31.5 Å². The van der Waals surface area contributed by atoms with Gasteiger partial charge in [0.25, 0.3) is 0 Å². The van der Waals surface area contributed by atoms with Crippen LogP contribution in [0.2, 0.25) is 0 Å². The van der Waals surface area contributed by atoms with Gasteiger partial charge in [0.15, 0.2) is 0 Å². The van der Waals surface area contributed by atoms with Gasteiger partial charge in [-0.05, 0) is 24.5 Å². The Kier molecular flexibility index (Phi) is 4.81. The molecule has 132 valence electrons. The first kappa shape index (κ1) is 16.3. The van der Waals surface area contributed by atoms with Crippen molar-refractivity contribution < 1.29 is 9.53 Å². The van der Waals surface area contributed by atoms with Gasteiger partial charge in [-0.15, -0.1) is 0 Å². The van der Waals surface area contributed by atoms with E-state index in [9.17, 15) is 4.79 Å². The number of morpholine rings is 1. The Hall–Kier alpha value is -2.18. The summed E-state index contributed by atoms with van der Waals surface area (Å²) >= 11 is 0. The van der Waals surface area contributed by atoms with Crippen LogP contribution in [0.15, 0.2) is 48.8 Å². The highest BCUT2D eigenvalue weighted by atomic mass is 16.5. The molecule has 1 aliphatic heterocycles. The summed E-state index contributed by atoms with van der Waals surface area (Å²) in [7, 11) is 0. The lowest BCUT2D eigenvalue weighted by atomic mass is 10.0. The molecule has 4 rings (SSSR count). The molecule has 2 aliphatic rings. The number of carbonyl (C=O) groups excluding carboxylic acids is 1. The third-order valence-electron chi connectivity index (χ3n) is 4.77. The van der Waals surface area contributed by atoms with Crippen LogP contribution < -0.4 is 5.32 Å². The van der Waals surface area contributed by atoms with Crippen LogP contribution in [0, 0.1) is 0 Å². The summed E-state index contributed by atoms with van der Waals surface area (Å²) in [6.07, 6.45) is 5.94. The van der Waals surface area contributed by atoms with Gasteiger partial charge in [0.1, 0.15) is 6.04 Å². The third-order valence-corrected chi connectivity index (χ3v) is 4.77. The first-order chi connectivity index (χ1) is 12.3. The summed E-state index contributed by atoms with van der Waals surface area (Å²) in [6, 6.07) is 12.1. The number of nitrogens with one attached hydrogen (secondary N) is 1. The predicted octanol–water partition coefficient (Wildman–Crippen LogP) is 1.60. The number of ether oxygens (including phenoxy) is 1. The minimum Gasteiger partial charge on any atom is -0.374 e. The molecule has 6 nitrogen and oxygen atoms in total. The summed E-state index contributed by atoms with van der Waals surface area (Å²) in [4.78, 5) is 15.1. The zero-order valence-electron chi connectivity index (χ0n) is 14.3. The van der Waals surface area contributed by atoms with E-state index < -0.39 is 0 Å². The van der Waals surface area contributed by atoms with Gasteiger partial charge in [-0.1, -0.05) is 30.3 Å². The Bertz CT molecular complexity index is 685. The van der Waals surface area contributed by atoms with Crippen molar-refractivity contribution in [1.82, 2.24) is 20.0 Å². The lowest BCUT2D eigenvalue weighted by Crippen LogP contribution is -2.50. The number of carbonyl (C=O) groups is 1. The molecular formula is C19H24N4O2. The molecule has 2 atom stereocenters. The molecule has 2 aromatic rings. The summed E-state index contributed by atoms with van der Waals surface area (Å²) in [6.45, 7) is 2.81. The van der Waals surface area contributed by atoms with E-state index in [-0.39, 0.29) is 18.1 Å². The molecule has 0 radical (unpaired) electrons. The van der Waals surface area contributed by atoms with Gasteiger partial charge in [0.05, 0.1) is 19.3 Å². The van der Waals surface area contributed by atoms with E-state index in [1.165, 1.54) is 0 Å². The van der Waals surface area contributed by atoms with Crippen LogP contribution in [-0.4, -0.2) is 52.4 Å². The Morgan fingerprint density at radius 2 is 2.12 bits per heavy atom. The van der Waals surface area contributed by atoms with E-state index in [0.29, 0.717) is 19.2 Å². The molecule has 25 heavy (non-hydrogen) atoms. The molecule has 1 aromatic heterocycles. The summed E-state index contributed by atoms with van der Waals surface area (Å²) in [5.74, 6) is 0.105. The molecule has 6 heteroatoms. The molecule has 0 bridgehead atoms. The number of nitrogens with zero attached hydrogens (tertiary/aromatic N) is 3. The minimum atomic E-state index is -0.258. The molecule has 2 heterocycles. The van der Waals surface area contributed by atoms with Crippen molar-refractivity contribution in [3.63, 3.8) is 0 Å². The summed E-state index contributed by atoms with van der Waals surface area (Å²) < 4.78 is 7.79. The second-order valence-electron chi connectivity index (χ2n) is 6.81. The number of amides is 1. The fourth-order valence-corrected chi connectivity index (χ4v) is 3.38. The van der Waals surface area contributed by atoms with E-state index in [2.05, 4.69) is 15.3 Å². The minimum absolute atomic E-state index is 0.0357. The maximum absolute atomic E-state index is 12.9. The lowest BCUT2D eigenvalue weighted by Gasteiger charge is -2.37.